The third kappa shape index (κ3) is 3.66. The number of hydrogen-bond acceptors (Lipinski definition) is 3. The van der Waals surface area contributed by atoms with Gasteiger partial charge in [0.1, 0.15) is 11.3 Å². The van der Waals surface area contributed by atoms with Crippen molar-refractivity contribution in [2.24, 2.45) is 5.92 Å². The fourth-order valence-electron chi connectivity index (χ4n) is 2.68. The first kappa shape index (κ1) is 17.4. The Labute approximate surface area is 155 Å². The van der Waals surface area contributed by atoms with Gasteiger partial charge in [0.05, 0.1) is 6.04 Å². The Bertz CT molecular complexity index is 907. The number of benzene rings is 2. The number of phenolic OH excluding ortho intramolecular Hbond substituents is 1. The molecule has 1 heterocycles. The minimum Gasteiger partial charge on any atom is -0.505 e. The van der Waals surface area contributed by atoms with E-state index in [0.29, 0.717) is 11.1 Å². The van der Waals surface area contributed by atoms with Crippen LogP contribution in [-0.2, 0) is 4.79 Å². The van der Waals surface area contributed by atoms with Crippen molar-refractivity contribution in [2.45, 2.75) is 19.9 Å². The summed E-state index contributed by atoms with van der Waals surface area (Å²) in [5, 5.41) is 14.7. The summed E-state index contributed by atoms with van der Waals surface area (Å²) in [6.07, 6.45) is 1.65. The Kier molecular flexibility index (Phi) is 5.04. The summed E-state index contributed by atoms with van der Waals surface area (Å²) in [6, 6.07) is 14.7. The number of pyridine rings is 1. The fourth-order valence-corrected chi connectivity index (χ4v) is 2.95. The molecule has 25 heavy (non-hydrogen) atoms. The van der Waals surface area contributed by atoms with Crippen molar-refractivity contribution in [2.75, 3.05) is 0 Å². The summed E-state index contributed by atoms with van der Waals surface area (Å²) in [6.45, 7) is 3.69. The summed E-state index contributed by atoms with van der Waals surface area (Å²) in [7, 11) is 0. The van der Waals surface area contributed by atoms with Gasteiger partial charge in [0, 0.05) is 27.5 Å². The molecule has 4 nitrogen and oxygen atoms in total. The van der Waals surface area contributed by atoms with Crippen LogP contribution in [0.25, 0.3) is 10.9 Å². The molecule has 0 spiro atoms. The van der Waals surface area contributed by atoms with Gasteiger partial charge in [-0.1, -0.05) is 60.1 Å². The smallest absolute Gasteiger partial charge is 0.223 e. The average Bonchev–Trinajstić information content (AvgIpc) is 2.61. The SMILES string of the molecule is CC(C)C(=O)NC(c1ccc(Br)cc1)c1ccc2cccnc2c1O. The first-order chi connectivity index (χ1) is 12.0. The van der Waals surface area contributed by atoms with Crippen LogP contribution in [0.1, 0.15) is 31.0 Å². The number of hydrogen-bond donors (Lipinski definition) is 2. The molecular weight excluding hydrogens is 380 g/mol. The van der Waals surface area contributed by atoms with Crippen molar-refractivity contribution in [1.29, 1.82) is 0 Å². The second kappa shape index (κ2) is 7.23. The highest BCUT2D eigenvalue weighted by Gasteiger charge is 2.22. The molecule has 2 aromatic carbocycles. The molecule has 1 aromatic heterocycles. The van der Waals surface area contributed by atoms with Crippen LogP contribution in [0.15, 0.2) is 59.2 Å². The Balaban J connectivity index is 2.12. The van der Waals surface area contributed by atoms with Crippen molar-refractivity contribution in [3.63, 3.8) is 0 Å². The van der Waals surface area contributed by atoms with Gasteiger partial charge in [-0.05, 0) is 23.8 Å². The van der Waals surface area contributed by atoms with Gasteiger partial charge < -0.3 is 10.4 Å². The average molecular weight is 399 g/mol. The summed E-state index contributed by atoms with van der Waals surface area (Å²) < 4.78 is 0.953. The minimum absolute atomic E-state index is 0.0755. The Morgan fingerprint density at radius 2 is 1.84 bits per heavy atom. The lowest BCUT2D eigenvalue weighted by Crippen LogP contribution is -2.32. The zero-order chi connectivity index (χ0) is 18.0. The number of fused-ring (bicyclic) bond motifs is 1. The number of nitrogens with zero attached hydrogens (tertiary/aromatic N) is 1. The van der Waals surface area contributed by atoms with Crippen LogP contribution in [-0.4, -0.2) is 16.0 Å². The van der Waals surface area contributed by atoms with Crippen molar-refractivity contribution < 1.29 is 9.90 Å². The van der Waals surface area contributed by atoms with Gasteiger partial charge in [-0.25, -0.2) is 0 Å². The zero-order valence-electron chi connectivity index (χ0n) is 14.0. The Morgan fingerprint density at radius 1 is 1.12 bits per heavy atom. The van der Waals surface area contributed by atoms with Crippen molar-refractivity contribution in [3.8, 4) is 5.75 Å². The van der Waals surface area contributed by atoms with Gasteiger partial charge in [-0.15, -0.1) is 0 Å². The maximum absolute atomic E-state index is 12.3. The van der Waals surface area contributed by atoms with E-state index in [9.17, 15) is 9.90 Å². The highest BCUT2D eigenvalue weighted by atomic mass is 79.9. The highest BCUT2D eigenvalue weighted by molar-refractivity contribution is 9.10. The molecule has 5 heteroatoms. The number of rotatable bonds is 4. The standard InChI is InChI=1S/C20H19BrN2O2/c1-12(2)20(25)23-17(14-5-8-15(21)9-6-14)16-10-7-13-4-3-11-22-18(13)19(16)24/h3-12,17,24H,1-2H3,(H,23,25). The van der Waals surface area contributed by atoms with Crippen molar-refractivity contribution in [3.05, 3.63) is 70.3 Å². The number of aromatic nitrogens is 1. The van der Waals surface area contributed by atoms with E-state index >= 15 is 0 Å². The van der Waals surface area contributed by atoms with Crippen molar-refractivity contribution in [1.82, 2.24) is 10.3 Å². The van der Waals surface area contributed by atoms with E-state index in [2.05, 4.69) is 26.2 Å². The van der Waals surface area contributed by atoms with Gasteiger partial charge in [0.25, 0.3) is 0 Å². The van der Waals surface area contributed by atoms with E-state index < -0.39 is 6.04 Å². The molecule has 0 saturated heterocycles. The van der Waals surface area contributed by atoms with E-state index in [4.69, 9.17) is 0 Å². The van der Waals surface area contributed by atoms with E-state index in [1.165, 1.54) is 0 Å². The second-order valence-electron chi connectivity index (χ2n) is 6.23. The Hall–Kier alpha value is -2.40. The van der Waals surface area contributed by atoms with Crippen LogP contribution in [0.4, 0.5) is 0 Å². The van der Waals surface area contributed by atoms with Crippen LogP contribution in [0.5, 0.6) is 5.75 Å². The van der Waals surface area contributed by atoms with Gasteiger partial charge in [0.2, 0.25) is 5.91 Å². The second-order valence-corrected chi connectivity index (χ2v) is 7.14. The molecule has 0 radical (unpaired) electrons. The van der Waals surface area contributed by atoms with E-state index in [-0.39, 0.29) is 17.6 Å². The summed E-state index contributed by atoms with van der Waals surface area (Å²) in [5.74, 6) is -0.137. The number of carbonyl (C=O) groups is 1. The molecule has 0 aliphatic rings. The summed E-state index contributed by atoms with van der Waals surface area (Å²) >= 11 is 3.43. The molecule has 1 unspecified atom stereocenters. The van der Waals surface area contributed by atoms with Gasteiger partial charge in [0.15, 0.2) is 0 Å². The molecule has 0 aliphatic heterocycles. The lowest BCUT2D eigenvalue weighted by atomic mass is 9.95. The van der Waals surface area contributed by atoms with E-state index in [1.807, 2.05) is 62.4 Å². The number of phenols is 1. The maximum atomic E-state index is 12.3. The summed E-state index contributed by atoms with van der Waals surface area (Å²) in [4.78, 5) is 16.6. The third-order valence-electron chi connectivity index (χ3n) is 4.10. The molecule has 0 aliphatic carbocycles. The predicted octanol–water partition coefficient (Wildman–Crippen LogP) is 4.56. The number of nitrogens with one attached hydrogen (secondary N) is 1. The highest BCUT2D eigenvalue weighted by Crippen LogP contribution is 2.34. The molecule has 3 rings (SSSR count). The number of aromatic hydroxyl groups is 1. The van der Waals surface area contributed by atoms with Crippen LogP contribution < -0.4 is 5.32 Å². The molecular formula is C20H19BrN2O2. The first-order valence-electron chi connectivity index (χ1n) is 8.10. The maximum Gasteiger partial charge on any atom is 0.223 e. The lowest BCUT2D eigenvalue weighted by Gasteiger charge is -2.22. The van der Waals surface area contributed by atoms with E-state index in [0.717, 1.165) is 15.4 Å². The molecule has 2 N–H and O–H groups in total. The van der Waals surface area contributed by atoms with Crippen LogP contribution in [0.3, 0.4) is 0 Å². The largest absolute Gasteiger partial charge is 0.505 e. The summed E-state index contributed by atoms with van der Waals surface area (Å²) in [5.41, 5.74) is 2.05. The molecule has 0 saturated carbocycles. The van der Waals surface area contributed by atoms with Crippen LogP contribution >= 0.6 is 15.9 Å². The fraction of sp³-hybridized carbons (Fsp3) is 0.200. The Morgan fingerprint density at radius 3 is 2.52 bits per heavy atom. The predicted molar refractivity (Wildman–Crippen MR) is 102 cm³/mol. The topological polar surface area (TPSA) is 62.2 Å². The zero-order valence-corrected chi connectivity index (χ0v) is 15.6. The lowest BCUT2D eigenvalue weighted by molar-refractivity contribution is -0.124. The number of amides is 1. The van der Waals surface area contributed by atoms with Gasteiger partial charge in [-0.3, -0.25) is 9.78 Å². The molecule has 1 atom stereocenters. The van der Waals surface area contributed by atoms with E-state index in [1.54, 1.807) is 6.20 Å². The van der Waals surface area contributed by atoms with Crippen LogP contribution in [0.2, 0.25) is 0 Å². The molecule has 0 bridgehead atoms. The van der Waals surface area contributed by atoms with Crippen molar-refractivity contribution >= 4 is 32.7 Å². The van der Waals surface area contributed by atoms with Crippen LogP contribution in [0, 0.1) is 5.92 Å². The molecule has 0 fully saturated rings. The number of carbonyl (C=O) groups excluding carboxylic acids is 1. The third-order valence-corrected chi connectivity index (χ3v) is 4.63. The minimum atomic E-state index is -0.450. The molecule has 128 valence electrons. The normalized spacial score (nSPS) is 12.3. The number of halogens is 1. The molecule has 1 amide bonds. The van der Waals surface area contributed by atoms with Gasteiger partial charge >= 0.3 is 0 Å². The first-order valence-corrected chi connectivity index (χ1v) is 8.89. The monoisotopic (exact) mass is 398 g/mol. The van der Waals surface area contributed by atoms with Gasteiger partial charge in [-0.2, -0.15) is 0 Å². The molecule has 3 aromatic rings. The quantitative estimate of drug-likeness (QED) is 0.676.